The number of rotatable bonds is 3. The van der Waals surface area contributed by atoms with Crippen LogP contribution in [0.3, 0.4) is 0 Å². The average molecular weight is 308 g/mol. The molecule has 110 valence electrons. The maximum absolute atomic E-state index is 11.5. The van der Waals surface area contributed by atoms with Gasteiger partial charge >= 0.3 is 0 Å². The molecule has 9 heteroatoms. The van der Waals surface area contributed by atoms with E-state index in [9.17, 15) is 4.79 Å². The van der Waals surface area contributed by atoms with Crippen molar-refractivity contribution in [1.82, 2.24) is 29.6 Å². The van der Waals surface area contributed by atoms with Gasteiger partial charge < -0.3 is 10.2 Å². The van der Waals surface area contributed by atoms with Crippen LogP contribution in [0.4, 0.5) is 5.95 Å². The topological polar surface area (TPSA) is 88.8 Å². The number of likely N-dealkylation sites (tertiary alicyclic amines) is 1. The molecule has 3 rings (SSSR count). The van der Waals surface area contributed by atoms with E-state index in [4.69, 9.17) is 11.6 Å². The lowest BCUT2D eigenvalue weighted by Gasteiger charge is -2.30. The van der Waals surface area contributed by atoms with Gasteiger partial charge in [-0.1, -0.05) is 0 Å². The third kappa shape index (κ3) is 3.10. The highest BCUT2D eigenvalue weighted by Crippen LogP contribution is 2.15. The van der Waals surface area contributed by atoms with Crippen LogP contribution in [0.15, 0.2) is 18.5 Å². The zero-order valence-electron chi connectivity index (χ0n) is 11.4. The van der Waals surface area contributed by atoms with Crippen molar-refractivity contribution in [1.29, 1.82) is 0 Å². The maximum atomic E-state index is 11.5. The summed E-state index contributed by atoms with van der Waals surface area (Å²) in [6, 6.07) is 1.86. The lowest BCUT2D eigenvalue weighted by atomic mass is 10.1. The Kier molecular flexibility index (Phi) is 3.70. The van der Waals surface area contributed by atoms with Gasteiger partial charge in [-0.05, 0) is 24.1 Å². The van der Waals surface area contributed by atoms with E-state index in [1.165, 1.54) is 4.68 Å². The van der Waals surface area contributed by atoms with Crippen molar-refractivity contribution < 1.29 is 4.79 Å². The molecule has 1 atom stereocenters. The van der Waals surface area contributed by atoms with Gasteiger partial charge in [-0.15, -0.1) is 0 Å². The first kappa shape index (κ1) is 13.7. The number of halogens is 1. The summed E-state index contributed by atoms with van der Waals surface area (Å²) < 4.78 is 1.51. The smallest absolute Gasteiger partial charge is 0.256 e. The van der Waals surface area contributed by atoms with Crippen molar-refractivity contribution in [2.24, 2.45) is 0 Å². The van der Waals surface area contributed by atoms with E-state index in [0.717, 1.165) is 6.42 Å². The van der Waals surface area contributed by atoms with Gasteiger partial charge in [0.05, 0.1) is 0 Å². The largest absolute Gasteiger partial charge is 0.350 e. The summed E-state index contributed by atoms with van der Waals surface area (Å²) in [7, 11) is 1.78. The SMILES string of the molecule is CN1CC(Nc2nc(Cl)nc(-n3cccn3)n2)CCC1=O. The Labute approximate surface area is 126 Å². The average Bonchev–Trinajstić information content (AvgIpc) is 2.96. The highest BCUT2D eigenvalue weighted by atomic mass is 35.5. The van der Waals surface area contributed by atoms with E-state index < -0.39 is 0 Å². The molecule has 3 heterocycles. The zero-order valence-corrected chi connectivity index (χ0v) is 12.2. The minimum atomic E-state index is 0.0941. The van der Waals surface area contributed by atoms with E-state index in [-0.39, 0.29) is 17.2 Å². The van der Waals surface area contributed by atoms with Crippen molar-refractivity contribution in [3.8, 4) is 5.95 Å². The highest BCUT2D eigenvalue weighted by molar-refractivity contribution is 6.28. The monoisotopic (exact) mass is 307 g/mol. The van der Waals surface area contributed by atoms with Crippen molar-refractivity contribution >= 4 is 23.5 Å². The molecule has 1 N–H and O–H groups in total. The van der Waals surface area contributed by atoms with Crippen LogP contribution >= 0.6 is 11.6 Å². The molecule has 0 spiro atoms. The Morgan fingerprint density at radius 3 is 2.95 bits per heavy atom. The number of likely N-dealkylation sites (N-methyl/N-ethyl adjacent to an activating group) is 1. The number of amides is 1. The molecule has 0 aliphatic carbocycles. The van der Waals surface area contributed by atoms with Crippen LogP contribution in [0, 0.1) is 0 Å². The van der Waals surface area contributed by atoms with Gasteiger partial charge in [0.2, 0.25) is 17.1 Å². The molecule has 1 amide bonds. The highest BCUT2D eigenvalue weighted by Gasteiger charge is 2.23. The minimum absolute atomic E-state index is 0.0941. The predicted octanol–water partition coefficient (Wildman–Crippen LogP) is 0.743. The van der Waals surface area contributed by atoms with Crippen LogP contribution in [0.2, 0.25) is 5.28 Å². The Bertz CT molecular complexity index is 645. The van der Waals surface area contributed by atoms with Gasteiger partial charge in [-0.25, -0.2) is 4.68 Å². The summed E-state index contributed by atoms with van der Waals surface area (Å²) in [6.45, 7) is 0.610. The van der Waals surface area contributed by atoms with Crippen LogP contribution in [-0.2, 0) is 4.79 Å². The van der Waals surface area contributed by atoms with Crippen LogP contribution in [0.1, 0.15) is 12.8 Å². The fourth-order valence-electron chi connectivity index (χ4n) is 2.21. The summed E-state index contributed by atoms with van der Waals surface area (Å²) in [5.41, 5.74) is 0. The molecular formula is C12H14ClN7O. The fourth-order valence-corrected chi connectivity index (χ4v) is 2.36. The molecule has 21 heavy (non-hydrogen) atoms. The van der Waals surface area contributed by atoms with Crippen LogP contribution in [-0.4, -0.2) is 55.2 Å². The number of hydrogen-bond acceptors (Lipinski definition) is 6. The number of anilines is 1. The maximum Gasteiger partial charge on any atom is 0.256 e. The van der Waals surface area contributed by atoms with Crippen LogP contribution in [0.25, 0.3) is 5.95 Å². The van der Waals surface area contributed by atoms with Gasteiger partial charge in [-0.3, -0.25) is 4.79 Å². The third-order valence-electron chi connectivity index (χ3n) is 3.27. The van der Waals surface area contributed by atoms with E-state index in [0.29, 0.717) is 24.9 Å². The molecular weight excluding hydrogens is 294 g/mol. The van der Waals surface area contributed by atoms with Gasteiger partial charge in [0.25, 0.3) is 5.95 Å². The number of nitrogens with zero attached hydrogens (tertiary/aromatic N) is 6. The van der Waals surface area contributed by atoms with Crippen LogP contribution < -0.4 is 5.32 Å². The molecule has 0 saturated carbocycles. The number of aromatic nitrogens is 5. The Morgan fingerprint density at radius 2 is 2.24 bits per heavy atom. The molecule has 8 nitrogen and oxygen atoms in total. The first-order chi connectivity index (χ1) is 10.1. The molecule has 0 aromatic carbocycles. The first-order valence-corrected chi connectivity index (χ1v) is 6.92. The number of nitrogens with one attached hydrogen (secondary N) is 1. The Balaban J connectivity index is 1.78. The third-order valence-corrected chi connectivity index (χ3v) is 3.43. The fraction of sp³-hybridized carbons (Fsp3) is 0.417. The predicted molar refractivity (Wildman–Crippen MR) is 76.2 cm³/mol. The van der Waals surface area contributed by atoms with Crippen molar-refractivity contribution in [3.63, 3.8) is 0 Å². The minimum Gasteiger partial charge on any atom is -0.350 e. The first-order valence-electron chi connectivity index (χ1n) is 6.54. The summed E-state index contributed by atoms with van der Waals surface area (Å²) >= 11 is 5.93. The molecule has 1 unspecified atom stereocenters. The summed E-state index contributed by atoms with van der Waals surface area (Å²) in [5, 5.41) is 7.35. The second kappa shape index (κ2) is 5.65. The van der Waals surface area contributed by atoms with Crippen molar-refractivity contribution in [2.45, 2.75) is 18.9 Å². The number of piperidine rings is 1. The molecule has 1 aliphatic heterocycles. The van der Waals surface area contributed by atoms with E-state index in [2.05, 4.69) is 25.4 Å². The van der Waals surface area contributed by atoms with Crippen molar-refractivity contribution in [2.75, 3.05) is 18.9 Å². The molecule has 0 bridgehead atoms. The number of carbonyl (C=O) groups excluding carboxylic acids is 1. The van der Waals surface area contributed by atoms with E-state index in [1.807, 2.05) is 0 Å². The van der Waals surface area contributed by atoms with Gasteiger partial charge in [-0.2, -0.15) is 20.1 Å². The Hall–Kier alpha value is -2.22. The lowest BCUT2D eigenvalue weighted by Crippen LogP contribution is -2.43. The zero-order chi connectivity index (χ0) is 14.8. The second-order valence-corrected chi connectivity index (χ2v) is 5.17. The molecule has 1 fully saturated rings. The van der Waals surface area contributed by atoms with Gasteiger partial charge in [0.15, 0.2) is 0 Å². The normalized spacial score (nSPS) is 18.9. The summed E-state index contributed by atoms with van der Waals surface area (Å²) in [6.07, 6.45) is 4.61. The molecule has 2 aromatic rings. The molecule has 1 aliphatic rings. The van der Waals surface area contributed by atoms with Gasteiger partial charge in [0, 0.05) is 38.4 Å². The van der Waals surface area contributed by atoms with Gasteiger partial charge in [0.1, 0.15) is 0 Å². The Morgan fingerprint density at radius 1 is 1.38 bits per heavy atom. The van der Waals surface area contributed by atoms with Crippen molar-refractivity contribution in [3.05, 3.63) is 23.7 Å². The molecule has 2 aromatic heterocycles. The molecule has 0 radical (unpaired) electrons. The lowest BCUT2D eigenvalue weighted by molar-refractivity contribution is -0.132. The van der Waals surface area contributed by atoms with E-state index >= 15 is 0 Å². The number of hydrogen-bond donors (Lipinski definition) is 1. The standard InChI is InChI=1S/C12H14ClN7O/c1-19-7-8(3-4-9(19)21)15-11-16-10(13)17-12(18-11)20-6-2-5-14-20/h2,5-6,8H,3-4,7H2,1H3,(H,15,16,17,18). The summed E-state index contributed by atoms with van der Waals surface area (Å²) in [5.74, 6) is 0.884. The summed E-state index contributed by atoms with van der Waals surface area (Å²) in [4.78, 5) is 25.6. The quantitative estimate of drug-likeness (QED) is 0.900. The molecule has 1 saturated heterocycles. The van der Waals surface area contributed by atoms with E-state index in [1.54, 1.807) is 30.4 Å². The second-order valence-electron chi connectivity index (χ2n) is 4.83. The van der Waals surface area contributed by atoms with Crippen LogP contribution in [0.5, 0.6) is 0 Å². The number of carbonyl (C=O) groups is 1.